The van der Waals surface area contributed by atoms with Crippen LogP contribution in [0.25, 0.3) is 0 Å². The molecule has 0 aromatic carbocycles. The van der Waals surface area contributed by atoms with Gasteiger partial charge in [-0.05, 0) is 50.1 Å². The Balaban J connectivity index is 1.71. The van der Waals surface area contributed by atoms with Crippen LogP contribution in [0.3, 0.4) is 0 Å². The van der Waals surface area contributed by atoms with Crippen LogP contribution >= 0.6 is 0 Å². The van der Waals surface area contributed by atoms with Crippen LogP contribution in [0.2, 0.25) is 0 Å². The molecule has 1 aliphatic heterocycles. The molecule has 1 saturated carbocycles. The first kappa shape index (κ1) is 14.3. The Labute approximate surface area is 114 Å². The Morgan fingerprint density at radius 3 is 2.95 bits per heavy atom. The minimum absolute atomic E-state index is 0.0505. The van der Waals surface area contributed by atoms with Crippen molar-refractivity contribution in [3.63, 3.8) is 0 Å². The van der Waals surface area contributed by atoms with Crippen molar-refractivity contribution in [2.24, 2.45) is 11.3 Å². The summed E-state index contributed by atoms with van der Waals surface area (Å²) in [4.78, 5) is 12.9. The van der Waals surface area contributed by atoms with Crippen LogP contribution in [0.15, 0.2) is 0 Å². The average molecular weight is 265 g/mol. The number of aliphatic carboxylic acids is 1. The van der Waals surface area contributed by atoms with Crippen molar-refractivity contribution < 1.29 is 9.90 Å². The maximum absolute atomic E-state index is 10.5. The van der Waals surface area contributed by atoms with Crippen LogP contribution in [0, 0.1) is 22.7 Å². The molecule has 1 heterocycles. The van der Waals surface area contributed by atoms with Gasteiger partial charge in [0.25, 0.3) is 0 Å². The maximum atomic E-state index is 10.5. The fourth-order valence-corrected chi connectivity index (χ4v) is 3.05. The summed E-state index contributed by atoms with van der Waals surface area (Å²) < 4.78 is 0. The zero-order valence-electron chi connectivity index (χ0n) is 11.4. The number of nitriles is 1. The fourth-order valence-electron chi connectivity index (χ4n) is 3.05. The summed E-state index contributed by atoms with van der Waals surface area (Å²) in [5.41, 5.74) is 0.283. The third kappa shape index (κ3) is 4.48. The Morgan fingerprint density at radius 2 is 2.32 bits per heavy atom. The summed E-state index contributed by atoms with van der Waals surface area (Å²) in [6, 6.07) is 2.31. The van der Waals surface area contributed by atoms with E-state index in [2.05, 4.69) is 16.3 Å². The van der Waals surface area contributed by atoms with Crippen LogP contribution in [0.4, 0.5) is 0 Å². The Morgan fingerprint density at radius 1 is 1.53 bits per heavy atom. The van der Waals surface area contributed by atoms with Gasteiger partial charge in [0.1, 0.15) is 0 Å². The van der Waals surface area contributed by atoms with E-state index in [-0.39, 0.29) is 12.0 Å². The molecule has 19 heavy (non-hydrogen) atoms. The molecule has 0 radical (unpaired) electrons. The van der Waals surface area contributed by atoms with Gasteiger partial charge in [-0.3, -0.25) is 4.79 Å². The standard InChI is InChI=1S/C14H23N3O2/c15-6-5-14(3-4-14)11-17-7-1-2-12(10-17)8-16-9-13(18)19/h12,16H,1-5,7-11H2,(H,18,19). The Kier molecular flexibility index (Phi) is 4.78. The van der Waals surface area contributed by atoms with E-state index in [1.807, 2.05) is 0 Å². The molecule has 106 valence electrons. The number of rotatable bonds is 7. The monoisotopic (exact) mass is 265 g/mol. The van der Waals surface area contributed by atoms with Crippen molar-refractivity contribution in [1.82, 2.24) is 10.2 Å². The predicted octanol–water partition coefficient (Wildman–Crippen LogP) is 1.07. The summed E-state index contributed by atoms with van der Waals surface area (Å²) >= 11 is 0. The molecule has 0 spiro atoms. The second-order valence-electron chi connectivity index (χ2n) is 6.10. The van der Waals surface area contributed by atoms with Gasteiger partial charge in [0, 0.05) is 19.5 Å². The van der Waals surface area contributed by atoms with E-state index in [4.69, 9.17) is 10.4 Å². The van der Waals surface area contributed by atoms with Gasteiger partial charge >= 0.3 is 5.97 Å². The molecule has 0 aromatic heterocycles. The number of carboxylic acids is 1. The van der Waals surface area contributed by atoms with Crippen LogP contribution in [-0.4, -0.2) is 48.7 Å². The number of carboxylic acid groups (broad SMARTS) is 1. The molecule has 1 aliphatic carbocycles. The van der Waals surface area contributed by atoms with Gasteiger partial charge in [-0.2, -0.15) is 5.26 Å². The first-order valence-electron chi connectivity index (χ1n) is 7.15. The smallest absolute Gasteiger partial charge is 0.317 e. The lowest BCUT2D eigenvalue weighted by Gasteiger charge is -2.34. The quantitative estimate of drug-likeness (QED) is 0.720. The van der Waals surface area contributed by atoms with Gasteiger partial charge in [0.15, 0.2) is 0 Å². The number of hydrogen-bond acceptors (Lipinski definition) is 4. The molecule has 1 unspecified atom stereocenters. The zero-order valence-corrected chi connectivity index (χ0v) is 11.4. The molecule has 5 heteroatoms. The van der Waals surface area contributed by atoms with Crippen LogP contribution in [-0.2, 0) is 4.79 Å². The predicted molar refractivity (Wildman–Crippen MR) is 71.6 cm³/mol. The SMILES string of the molecule is N#CCC1(CN2CCCC(CNCC(=O)O)C2)CC1. The lowest BCUT2D eigenvalue weighted by Crippen LogP contribution is -2.42. The third-order valence-corrected chi connectivity index (χ3v) is 4.28. The highest BCUT2D eigenvalue weighted by atomic mass is 16.4. The van der Waals surface area contributed by atoms with Crippen molar-refractivity contribution in [3.05, 3.63) is 0 Å². The summed E-state index contributed by atoms with van der Waals surface area (Å²) in [5.74, 6) is -0.246. The lowest BCUT2D eigenvalue weighted by atomic mass is 9.95. The number of nitrogens with one attached hydrogen (secondary N) is 1. The summed E-state index contributed by atoms with van der Waals surface area (Å²) in [6.45, 7) is 4.06. The van der Waals surface area contributed by atoms with E-state index in [1.165, 1.54) is 25.7 Å². The molecule has 2 fully saturated rings. The van der Waals surface area contributed by atoms with Gasteiger partial charge in [-0.25, -0.2) is 0 Å². The van der Waals surface area contributed by atoms with Crippen LogP contribution in [0.5, 0.6) is 0 Å². The van der Waals surface area contributed by atoms with Crippen molar-refractivity contribution in [1.29, 1.82) is 5.26 Å². The molecule has 1 atom stereocenters. The van der Waals surface area contributed by atoms with Gasteiger partial charge in [0.2, 0.25) is 0 Å². The number of piperidine rings is 1. The molecule has 2 aliphatic rings. The van der Waals surface area contributed by atoms with Crippen molar-refractivity contribution in [2.75, 3.05) is 32.7 Å². The molecular weight excluding hydrogens is 242 g/mol. The van der Waals surface area contributed by atoms with E-state index < -0.39 is 5.97 Å². The van der Waals surface area contributed by atoms with E-state index in [1.54, 1.807) is 0 Å². The minimum Gasteiger partial charge on any atom is -0.480 e. The molecule has 2 rings (SSSR count). The molecule has 0 bridgehead atoms. The van der Waals surface area contributed by atoms with Gasteiger partial charge < -0.3 is 15.3 Å². The Bertz CT molecular complexity index is 360. The van der Waals surface area contributed by atoms with Crippen molar-refractivity contribution >= 4 is 5.97 Å². The summed E-state index contributed by atoms with van der Waals surface area (Å²) in [5, 5.41) is 20.5. The average Bonchev–Trinajstić information content (AvgIpc) is 3.09. The molecule has 2 N–H and O–H groups in total. The van der Waals surface area contributed by atoms with E-state index in [0.717, 1.165) is 26.2 Å². The minimum atomic E-state index is -0.793. The van der Waals surface area contributed by atoms with Gasteiger partial charge in [-0.15, -0.1) is 0 Å². The topological polar surface area (TPSA) is 76.4 Å². The maximum Gasteiger partial charge on any atom is 0.317 e. The lowest BCUT2D eigenvalue weighted by molar-refractivity contribution is -0.136. The van der Waals surface area contributed by atoms with Crippen molar-refractivity contribution in [2.45, 2.75) is 32.1 Å². The molecule has 0 amide bonds. The highest BCUT2D eigenvalue weighted by Crippen LogP contribution is 2.49. The highest BCUT2D eigenvalue weighted by Gasteiger charge is 2.44. The fraction of sp³-hybridized carbons (Fsp3) is 0.857. The van der Waals surface area contributed by atoms with Crippen molar-refractivity contribution in [3.8, 4) is 6.07 Å². The van der Waals surface area contributed by atoms with E-state index in [0.29, 0.717) is 12.3 Å². The zero-order chi connectivity index (χ0) is 13.7. The second kappa shape index (κ2) is 6.36. The number of hydrogen-bond donors (Lipinski definition) is 2. The summed E-state index contributed by atoms with van der Waals surface area (Å²) in [7, 11) is 0. The largest absolute Gasteiger partial charge is 0.480 e. The first-order chi connectivity index (χ1) is 9.13. The molecule has 1 saturated heterocycles. The molecule has 5 nitrogen and oxygen atoms in total. The molecular formula is C14H23N3O2. The number of carbonyl (C=O) groups is 1. The summed E-state index contributed by atoms with van der Waals surface area (Å²) in [6.07, 6.45) is 5.43. The first-order valence-corrected chi connectivity index (χ1v) is 7.15. The second-order valence-corrected chi connectivity index (χ2v) is 6.10. The van der Waals surface area contributed by atoms with E-state index in [9.17, 15) is 4.79 Å². The Hall–Kier alpha value is -1.12. The normalized spacial score (nSPS) is 25.7. The highest BCUT2D eigenvalue weighted by molar-refractivity contribution is 5.68. The van der Waals surface area contributed by atoms with Crippen LogP contribution in [0.1, 0.15) is 32.1 Å². The third-order valence-electron chi connectivity index (χ3n) is 4.28. The van der Waals surface area contributed by atoms with Gasteiger partial charge in [-0.1, -0.05) is 0 Å². The van der Waals surface area contributed by atoms with Gasteiger partial charge in [0.05, 0.1) is 12.6 Å². The molecule has 0 aromatic rings. The van der Waals surface area contributed by atoms with Crippen LogP contribution < -0.4 is 5.32 Å². The number of nitrogens with zero attached hydrogens (tertiary/aromatic N) is 2. The number of likely N-dealkylation sites (tertiary alicyclic amines) is 1. The van der Waals surface area contributed by atoms with E-state index >= 15 is 0 Å².